The first-order chi connectivity index (χ1) is 12.2. The summed E-state index contributed by atoms with van der Waals surface area (Å²) < 4.78 is 53.3. The number of amides is 1. The average Bonchev–Trinajstić information content (AvgIpc) is 2.57. The van der Waals surface area contributed by atoms with Gasteiger partial charge in [-0.1, -0.05) is 13.8 Å². The second-order valence-electron chi connectivity index (χ2n) is 6.18. The minimum atomic E-state index is -3.65. The van der Waals surface area contributed by atoms with Crippen LogP contribution in [0.4, 0.5) is 14.5 Å². The zero-order valence-electron chi connectivity index (χ0n) is 14.4. The predicted molar refractivity (Wildman–Crippen MR) is 95.4 cm³/mol. The van der Waals surface area contributed by atoms with Crippen molar-refractivity contribution in [1.29, 1.82) is 0 Å². The van der Waals surface area contributed by atoms with Crippen LogP contribution in [0.25, 0.3) is 0 Å². The maximum absolute atomic E-state index is 13.6. The smallest absolute Gasteiger partial charge is 0.255 e. The molecule has 2 N–H and O–H groups in total. The molecule has 0 saturated heterocycles. The van der Waals surface area contributed by atoms with Gasteiger partial charge < -0.3 is 5.32 Å². The van der Waals surface area contributed by atoms with Crippen molar-refractivity contribution in [3.8, 4) is 0 Å². The summed E-state index contributed by atoms with van der Waals surface area (Å²) in [5.74, 6) is -1.91. The molecule has 8 heteroatoms. The summed E-state index contributed by atoms with van der Waals surface area (Å²) in [4.78, 5) is 12.2. The highest BCUT2D eigenvalue weighted by Gasteiger charge is 2.15. The number of rotatable bonds is 7. The predicted octanol–water partition coefficient (Wildman–Crippen LogP) is 3.54. The van der Waals surface area contributed by atoms with Crippen LogP contribution in [0.3, 0.4) is 0 Å². The van der Waals surface area contributed by atoms with Gasteiger partial charge in [-0.2, -0.15) is 0 Å². The maximum Gasteiger partial charge on any atom is 0.255 e. The lowest BCUT2D eigenvalue weighted by atomic mass is 10.1. The molecule has 0 aliphatic carbocycles. The SMILES string of the molecule is CC(C)CCNS(=O)(=O)c1ccc(C(=O)Nc2ccc(F)cc2F)cc1. The van der Waals surface area contributed by atoms with Gasteiger partial charge in [-0.3, -0.25) is 4.79 Å². The van der Waals surface area contributed by atoms with Crippen molar-refractivity contribution in [1.82, 2.24) is 4.72 Å². The number of benzene rings is 2. The number of halogens is 2. The minimum Gasteiger partial charge on any atom is -0.319 e. The lowest BCUT2D eigenvalue weighted by molar-refractivity contribution is 0.102. The van der Waals surface area contributed by atoms with E-state index in [1.165, 1.54) is 24.3 Å². The zero-order valence-corrected chi connectivity index (χ0v) is 15.2. The van der Waals surface area contributed by atoms with Crippen LogP contribution in [-0.4, -0.2) is 20.9 Å². The Morgan fingerprint density at radius 2 is 1.73 bits per heavy atom. The summed E-state index contributed by atoms with van der Waals surface area (Å²) >= 11 is 0. The van der Waals surface area contributed by atoms with Crippen molar-refractivity contribution in [2.45, 2.75) is 25.2 Å². The van der Waals surface area contributed by atoms with Crippen LogP contribution in [0.2, 0.25) is 0 Å². The summed E-state index contributed by atoms with van der Waals surface area (Å²) in [6.07, 6.45) is 0.711. The first-order valence-electron chi connectivity index (χ1n) is 8.05. The number of carbonyl (C=O) groups excluding carboxylic acids is 1. The van der Waals surface area contributed by atoms with Gasteiger partial charge in [0.2, 0.25) is 10.0 Å². The first-order valence-corrected chi connectivity index (χ1v) is 9.53. The van der Waals surface area contributed by atoms with Crippen molar-refractivity contribution in [3.63, 3.8) is 0 Å². The number of hydrogen-bond donors (Lipinski definition) is 2. The Morgan fingerprint density at radius 1 is 1.08 bits per heavy atom. The third kappa shape index (κ3) is 5.34. The molecule has 0 spiro atoms. The number of hydrogen-bond acceptors (Lipinski definition) is 3. The van der Waals surface area contributed by atoms with Gasteiger partial charge in [0.05, 0.1) is 10.6 Å². The Labute approximate surface area is 151 Å². The number of carbonyl (C=O) groups is 1. The highest BCUT2D eigenvalue weighted by molar-refractivity contribution is 7.89. The van der Waals surface area contributed by atoms with E-state index in [2.05, 4.69) is 10.0 Å². The van der Waals surface area contributed by atoms with E-state index in [-0.39, 0.29) is 16.1 Å². The molecule has 0 fully saturated rings. The largest absolute Gasteiger partial charge is 0.319 e. The van der Waals surface area contributed by atoms with Gasteiger partial charge in [-0.15, -0.1) is 0 Å². The van der Waals surface area contributed by atoms with Crippen LogP contribution < -0.4 is 10.0 Å². The fraction of sp³-hybridized carbons (Fsp3) is 0.278. The molecule has 2 rings (SSSR count). The highest BCUT2D eigenvalue weighted by Crippen LogP contribution is 2.17. The van der Waals surface area contributed by atoms with Crippen molar-refractivity contribution in [2.75, 3.05) is 11.9 Å². The summed E-state index contributed by atoms with van der Waals surface area (Å²) in [5, 5.41) is 2.31. The molecule has 0 aromatic heterocycles. The molecule has 2 aromatic carbocycles. The quantitative estimate of drug-likeness (QED) is 0.769. The molecule has 0 unspecified atom stereocenters. The topological polar surface area (TPSA) is 75.3 Å². The normalized spacial score (nSPS) is 11.6. The molecule has 5 nitrogen and oxygen atoms in total. The van der Waals surface area contributed by atoms with Crippen LogP contribution in [-0.2, 0) is 10.0 Å². The second kappa shape index (κ2) is 8.37. The Hall–Kier alpha value is -2.32. The molecule has 2 aromatic rings. The molecule has 0 atom stereocenters. The van der Waals surface area contributed by atoms with Gasteiger partial charge in [0.25, 0.3) is 5.91 Å². The second-order valence-corrected chi connectivity index (χ2v) is 7.95. The summed E-state index contributed by atoms with van der Waals surface area (Å²) in [7, 11) is -3.65. The van der Waals surface area contributed by atoms with Gasteiger partial charge in [0.15, 0.2) is 0 Å². The lowest BCUT2D eigenvalue weighted by Crippen LogP contribution is -2.25. The van der Waals surface area contributed by atoms with Crippen molar-refractivity contribution in [2.24, 2.45) is 5.92 Å². The fourth-order valence-electron chi connectivity index (χ4n) is 2.14. The van der Waals surface area contributed by atoms with E-state index in [1.807, 2.05) is 13.8 Å². The van der Waals surface area contributed by atoms with E-state index in [0.717, 1.165) is 12.1 Å². The Morgan fingerprint density at radius 3 is 2.31 bits per heavy atom. The molecule has 0 aliphatic rings. The molecular formula is C18H20F2N2O3S. The van der Waals surface area contributed by atoms with E-state index in [9.17, 15) is 22.0 Å². The minimum absolute atomic E-state index is 0.0331. The van der Waals surface area contributed by atoms with Gasteiger partial charge in [-0.05, 0) is 48.7 Å². The standard InChI is InChI=1S/C18H20F2N2O3S/c1-12(2)9-10-21-26(24,25)15-6-3-13(4-7-15)18(23)22-17-8-5-14(19)11-16(17)20/h3-8,11-12,21H,9-10H2,1-2H3,(H,22,23). The molecule has 0 saturated carbocycles. The number of nitrogens with one attached hydrogen (secondary N) is 2. The molecule has 0 heterocycles. The van der Waals surface area contributed by atoms with Crippen molar-refractivity contribution >= 4 is 21.6 Å². The number of anilines is 1. The van der Waals surface area contributed by atoms with Crippen LogP contribution in [0.15, 0.2) is 47.4 Å². The van der Waals surface area contributed by atoms with E-state index in [0.29, 0.717) is 24.9 Å². The molecular weight excluding hydrogens is 362 g/mol. The third-order valence-electron chi connectivity index (χ3n) is 3.62. The van der Waals surface area contributed by atoms with E-state index >= 15 is 0 Å². The van der Waals surface area contributed by atoms with Crippen LogP contribution >= 0.6 is 0 Å². The Bertz CT molecular complexity index is 882. The van der Waals surface area contributed by atoms with E-state index < -0.39 is 27.6 Å². The van der Waals surface area contributed by atoms with E-state index in [4.69, 9.17) is 0 Å². The fourth-order valence-corrected chi connectivity index (χ4v) is 3.18. The molecule has 140 valence electrons. The first kappa shape index (κ1) is 20.0. The third-order valence-corrected chi connectivity index (χ3v) is 5.10. The molecule has 1 amide bonds. The molecule has 0 radical (unpaired) electrons. The summed E-state index contributed by atoms with van der Waals surface area (Å²) in [6, 6.07) is 8.05. The van der Waals surface area contributed by atoms with Gasteiger partial charge in [0.1, 0.15) is 11.6 Å². The Balaban J connectivity index is 2.07. The monoisotopic (exact) mass is 382 g/mol. The zero-order chi connectivity index (χ0) is 19.3. The van der Waals surface area contributed by atoms with Gasteiger partial charge in [0, 0.05) is 18.2 Å². The molecule has 0 aliphatic heterocycles. The average molecular weight is 382 g/mol. The van der Waals surface area contributed by atoms with Gasteiger partial charge in [-0.25, -0.2) is 21.9 Å². The van der Waals surface area contributed by atoms with Crippen molar-refractivity contribution < 1.29 is 22.0 Å². The lowest BCUT2D eigenvalue weighted by Gasteiger charge is -2.09. The van der Waals surface area contributed by atoms with Crippen molar-refractivity contribution in [3.05, 3.63) is 59.7 Å². The number of sulfonamides is 1. The molecule has 26 heavy (non-hydrogen) atoms. The highest BCUT2D eigenvalue weighted by atomic mass is 32.2. The van der Waals surface area contributed by atoms with E-state index in [1.54, 1.807) is 0 Å². The maximum atomic E-state index is 13.6. The van der Waals surface area contributed by atoms with Crippen LogP contribution in [0, 0.1) is 17.6 Å². The summed E-state index contributed by atoms with van der Waals surface area (Å²) in [5.41, 5.74) is -0.0155. The van der Waals surface area contributed by atoms with Gasteiger partial charge >= 0.3 is 0 Å². The van der Waals surface area contributed by atoms with Crippen LogP contribution in [0.1, 0.15) is 30.6 Å². The Kier molecular flexibility index (Phi) is 6.44. The van der Waals surface area contributed by atoms with Crippen LogP contribution in [0.5, 0.6) is 0 Å². The summed E-state index contributed by atoms with van der Waals surface area (Å²) in [6.45, 7) is 4.31. The molecule has 0 bridgehead atoms.